The summed E-state index contributed by atoms with van der Waals surface area (Å²) < 4.78 is 1.54. The maximum Gasteiger partial charge on any atom is 0.272 e. The van der Waals surface area contributed by atoms with Gasteiger partial charge in [0.05, 0.1) is 16.4 Å². The SMILES string of the molecule is Cc1cc(C(=O)N(C)[C@@H]2CCN(c3ccccc3Cl)C2=O)n(C)n1. The lowest BCUT2D eigenvalue weighted by molar-refractivity contribution is -0.120. The van der Waals surface area contributed by atoms with Gasteiger partial charge in [-0.05, 0) is 31.5 Å². The highest BCUT2D eigenvalue weighted by atomic mass is 35.5. The topological polar surface area (TPSA) is 58.4 Å². The summed E-state index contributed by atoms with van der Waals surface area (Å²) in [5, 5.41) is 4.72. The Labute approximate surface area is 145 Å². The zero-order valence-corrected chi connectivity index (χ0v) is 14.6. The van der Waals surface area contributed by atoms with Crippen LogP contribution >= 0.6 is 11.6 Å². The molecule has 6 nitrogen and oxygen atoms in total. The molecule has 1 aromatic carbocycles. The van der Waals surface area contributed by atoms with Crippen molar-refractivity contribution in [2.45, 2.75) is 19.4 Å². The highest BCUT2D eigenvalue weighted by Crippen LogP contribution is 2.30. The molecule has 0 spiro atoms. The molecule has 1 fully saturated rings. The molecule has 2 amide bonds. The van der Waals surface area contributed by atoms with Crippen molar-refractivity contribution in [1.82, 2.24) is 14.7 Å². The van der Waals surface area contributed by atoms with Gasteiger partial charge in [0, 0.05) is 20.6 Å². The number of aromatic nitrogens is 2. The zero-order valence-electron chi connectivity index (χ0n) is 13.9. The molecule has 24 heavy (non-hydrogen) atoms. The van der Waals surface area contributed by atoms with Gasteiger partial charge < -0.3 is 9.80 Å². The van der Waals surface area contributed by atoms with Gasteiger partial charge in [0.15, 0.2) is 0 Å². The number of likely N-dealkylation sites (N-methyl/N-ethyl adjacent to an activating group) is 1. The van der Waals surface area contributed by atoms with E-state index in [1.165, 1.54) is 4.90 Å². The first-order valence-electron chi connectivity index (χ1n) is 7.74. The molecule has 2 aromatic rings. The first-order valence-corrected chi connectivity index (χ1v) is 8.11. The largest absolute Gasteiger partial charge is 0.328 e. The second-order valence-corrected chi connectivity index (χ2v) is 6.36. The molecule has 0 aliphatic carbocycles. The van der Waals surface area contributed by atoms with Gasteiger partial charge in [-0.3, -0.25) is 14.3 Å². The van der Waals surface area contributed by atoms with Crippen molar-refractivity contribution in [3.8, 4) is 0 Å². The number of carbonyl (C=O) groups excluding carboxylic acids is 2. The third-order valence-corrected chi connectivity index (χ3v) is 4.65. The molecule has 3 rings (SSSR count). The zero-order chi connectivity index (χ0) is 17.4. The number of nitrogens with zero attached hydrogens (tertiary/aromatic N) is 4. The molecule has 0 radical (unpaired) electrons. The fourth-order valence-corrected chi connectivity index (χ4v) is 3.30. The Morgan fingerprint density at radius 2 is 2.08 bits per heavy atom. The van der Waals surface area contributed by atoms with Crippen LogP contribution in [0.5, 0.6) is 0 Å². The summed E-state index contributed by atoms with van der Waals surface area (Å²) >= 11 is 6.19. The Morgan fingerprint density at radius 1 is 1.38 bits per heavy atom. The van der Waals surface area contributed by atoms with Gasteiger partial charge in [-0.15, -0.1) is 0 Å². The molecular weight excluding hydrogens is 328 g/mol. The minimum absolute atomic E-state index is 0.113. The number of para-hydroxylation sites is 1. The first kappa shape index (κ1) is 16.5. The molecule has 1 aromatic heterocycles. The number of amides is 2. The van der Waals surface area contributed by atoms with Gasteiger partial charge in [0.2, 0.25) is 5.91 Å². The smallest absolute Gasteiger partial charge is 0.272 e. The number of carbonyl (C=O) groups is 2. The van der Waals surface area contributed by atoms with E-state index in [1.54, 1.807) is 35.8 Å². The average Bonchev–Trinajstić information content (AvgIpc) is 3.09. The highest BCUT2D eigenvalue weighted by Gasteiger charge is 2.38. The third-order valence-electron chi connectivity index (χ3n) is 4.33. The number of halogens is 1. The molecule has 2 heterocycles. The fraction of sp³-hybridized carbons (Fsp3) is 0.353. The van der Waals surface area contributed by atoms with Crippen molar-refractivity contribution in [3.63, 3.8) is 0 Å². The summed E-state index contributed by atoms with van der Waals surface area (Å²) in [6.07, 6.45) is 0.573. The van der Waals surface area contributed by atoms with Crippen molar-refractivity contribution in [1.29, 1.82) is 0 Å². The van der Waals surface area contributed by atoms with E-state index in [4.69, 9.17) is 11.6 Å². The van der Waals surface area contributed by atoms with Crippen molar-refractivity contribution >= 4 is 29.1 Å². The van der Waals surface area contributed by atoms with E-state index in [9.17, 15) is 9.59 Å². The monoisotopic (exact) mass is 346 g/mol. The summed E-state index contributed by atoms with van der Waals surface area (Å²) in [5.74, 6) is -0.324. The Bertz CT molecular complexity index is 802. The molecule has 0 bridgehead atoms. The molecule has 1 aliphatic heterocycles. The lowest BCUT2D eigenvalue weighted by Gasteiger charge is -2.24. The molecule has 0 unspecified atom stereocenters. The second kappa shape index (κ2) is 6.28. The number of anilines is 1. The summed E-state index contributed by atoms with van der Waals surface area (Å²) in [5.41, 5.74) is 1.92. The number of rotatable bonds is 3. The molecular formula is C17H19ClN4O2. The van der Waals surface area contributed by atoms with Crippen LogP contribution in [0.3, 0.4) is 0 Å². The Hall–Kier alpha value is -2.34. The fourth-order valence-electron chi connectivity index (χ4n) is 3.07. The van der Waals surface area contributed by atoms with Crippen molar-refractivity contribution in [3.05, 3.63) is 46.7 Å². The van der Waals surface area contributed by atoms with E-state index < -0.39 is 6.04 Å². The minimum Gasteiger partial charge on any atom is -0.328 e. The van der Waals surface area contributed by atoms with Gasteiger partial charge in [0.25, 0.3) is 5.91 Å². The summed E-state index contributed by atoms with van der Waals surface area (Å²) in [7, 11) is 3.38. The van der Waals surface area contributed by atoms with Gasteiger partial charge in [-0.25, -0.2) is 0 Å². The predicted molar refractivity (Wildman–Crippen MR) is 92.2 cm³/mol. The quantitative estimate of drug-likeness (QED) is 0.856. The predicted octanol–water partition coefficient (Wildman–Crippen LogP) is 2.26. The van der Waals surface area contributed by atoms with Crippen LogP contribution in [0.4, 0.5) is 5.69 Å². The lowest BCUT2D eigenvalue weighted by Crippen LogP contribution is -2.43. The Balaban J connectivity index is 1.81. The van der Waals surface area contributed by atoms with Crippen LogP contribution < -0.4 is 4.90 Å². The van der Waals surface area contributed by atoms with E-state index in [0.29, 0.717) is 29.4 Å². The average molecular weight is 347 g/mol. The Kier molecular flexibility index (Phi) is 4.32. The third kappa shape index (κ3) is 2.78. The van der Waals surface area contributed by atoms with Crippen LogP contribution in [0, 0.1) is 6.92 Å². The molecule has 126 valence electrons. The van der Waals surface area contributed by atoms with Gasteiger partial charge >= 0.3 is 0 Å². The Morgan fingerprint density at radius 3 is 2.71 bits per heavy atom. The van der Waals surface area contributed by atoms with Gasteiger partial charge in [-0.2, -0.15) is 5.10 Å². The molecule has 0 N–H and O–H groups in total. The second-order valence-electron chi connectivity index (χ2n) is 5.96. The maximum atomic E-state index is 12.8. The number of benzene rings is 1. The molecule has 0 saturated carbocycles. The van der Waals surface area contributed by atoms with Gasteiger partial charge in [-0.1, -0.05) is 23.7 Å². The molecule has 1 aliphatic rings. The first-order chi connectivity index (χ1) is 11.4. The van der Waals surface area contributed by atoms with Gasteiger partial charge in [0.1, 0.15) is 11.7 Å². The normalized spacial score (nSPS) is 17.4. The summed E-state index contributed by atoms with van der Waals surface area (Å²) in [4.78, 5) is 28.6. The van der Waals surface area contributed by atoms with E-state index in [-0.39, 0.29) is 11.8 Å². The van der Waals surface area contributed by atoms with Crippen LogP contribution in [0.2, 0.25) is 5.02 Å². The molecule has 7 heteroatoms. The molecule has 1 atom stereocenters. The number of hydrogen-bond acceptors (Lipinski definition) is 3. The van der Waals surface area contributed by atoms with E-state index >= 15 is 0 Å². The van der Waals surface area contributed by atoms with Crippen LogP contribution in [-0.2, 0) is 11.8 Å². The number of aryl methyl sites for hydroxylation is 2. The standard InChI is InChI=1S/C17H19ClN4O2/c1-11-10-15(21(3)19-11)16(23)20(2)14-8-9-22(17(14)24)13-7-5-4-6-12(13)18/h4-7,10,14H,8-9H2,1-3H3/t14-/m1/s1. The van der Waals surface area contributed by atoms with Crippen LogP contribution in [-0.4, -0.2) is 46.1 Å². The van der Waals surface area contributed by atoms with E-state index in [2.05, 4.69) is 5.10 Å². The maximum absolute atomic E-state index is 12.8. The number of hydrogen-bond donors (Lipinski definition) is 0. The summed E-state index contributed by atoms with van der Waals surface area (Å²) in [6, 6.07) is 8.47. The minimum atomic E-state index is -0.496. The van der Waals surface area contributed by atoms with Crippen molar-refractivity contribution < 1.29 is 9.59 Å². The highest BCUT2D eigenvalue weighted by molar-refractivity contribution is 6.34. The van der Waals surface area contributed by atoms with Crippen LogP contribution in [0.25, 0.3) is 0 Å². The van der Waals surface area contributed by atoms with Crippen molar-refractivity contribution in [2.75, 3.05) is 18.5 Å². The molecule has 1 saturated heterocycles. The van der Waals surface area contributed by atoms with E-state index in [1.807, 2.05) is 25.1 Å². The van der Waals surface area contributed by atoms with Crippen LogP contribution in [0.15, 0.2) is 30.3 Å². The summed E-state index contributed by atoms with van der Waals surface area (Å²) in [6.45, 7) is 2.37. The van der Waals surface area contributed by atoms with E-state index in [0.717, 1.165) is 5.69 Å². The van der Waals surface area contributed by atoms with Crippen LogP contribution in [0.1, 0.15) is 22.6 Å². The van der Waals surface area contributed by atoms with Crippen molar-refractivity contribution in [2.24, 2.45) is 7.05 Å². The lowest BCUT2D eigenvalue weighted by atomic mass is 10.2.